The SMILES string of the molecule is CCOCCN(C)C(C)CNC1CCCC1. The first-order chi connectivity index (χ1) is 7.74. The second kappa shape index (κ2) is 8.04. The van der Waals surface area contributed by atoms with Gasteiger partial charge in [-0.05, 0) is 33.7 Å². The second-order valence-corrected chi connectivity index (χ2v) is 4.92. The number of hydrogen-bond acceptors (Lipinski definition) is 3. The van der Waals surface area contributed by atoms with Gasteiger partial charge in [0.1, 0.15) is 0 Å². The first-order valence-electron chi connectivity index (χ1n) is 6.75. The van der Waals surface area contributed by atoms with Crippen LogP contribution in [0.15, 0.2) is 0 Å². The number of nitrogens with one attached hydrogen (secondary N) is 1. The molecule has 0 heterocycles. The van der Waals surface area contributed by atoms with E-state index in [0.29, 0.717) is 6.04 Å². The second-order valence-electron chi connectivity index (χ2n) is 4.92. The smallest absolute Gasteiger partial charge is 0.0593 e. The summed E-state index contributed by atoms with van der Waals surface area (Å²) in [5.41, 5.74) is 0. The van der Waals surface area contributed by atoms with Crippen LogP contribution in [0.25, 0.3) is 0 Å². The molecular formula is C13H28N2O. The Hall–Kier alpha value is -0.120. The normalized spacial score (nSPS) is 19.5. The van der Waals surface area contributed by atoms with Gasteiger partial charge in [-0.1, -0.05) is 12.8 Å². The third-order valence-corrected chi connectivity index (χ3v) is 3.60. The Morgan fingerprint density at radius 2 is 2.06 bits per heavy atom. The fraction of sp³-hybridized carbons (Fsp3) is 1.00. The number of nitrogens with zero attached hydrogens (tertiary/aromatic N) is 1. The van der Waals surface area contributed by atoms with E-state index in [2.05, 4.69) is 24.2 Å². The van der Waals surface area contributed by atoms with Crippen molar-refractivity contribution in [2.75, 3.05) is 33.4 Å². The Bertz CT molecular complexity index is 169. The molecule has 1 unspecified atom stereocenters. The first kappa shape index (κ1) is 13.9. The summed E-state index contributed by atoms with van der Waals surface area (Å²) >= 11 is 0. The predicted octanol–water partition coefficient (Wildman–Crippen LogP) is 1.88. The van der Waals surface area contributed by atoms with Gasteiger partial charge in [0.2, 0.25) is 0 Å². The monoisotopic (exact) mass is 228 g/mol. The van der Waals surface area contributed by atoms with Gasteiger partial charge in [0.05, 0.1) is 6.61 Å². The summed E-state index contributed by atoms with van der Waals surface area (Å²) in [6.45, 7) is 8.14. The third kappa shape index (κ3) is 5.28. The Morgan fingerprint density at radius 1 is 1.38 bits per heavy atom. The molecule has 0 radical (unpaired) electrons. The van der Waals surface area contributed by atoms with Crippen molar-refractivity contribution in [1.82, 2.24) is 10.2 Å². The summed E-state index contributed by atoms with van der Waals surface area (Å²) < 4.78 is 5.37. The highest BCUT2D eigenvalue weighted by Crippen LogP contribution is 2.17. The van der Waals surface area contributed by atoms with Crippen LogP contribution in [0.1, 0.15) is 39.5 Å². The molecule has 1 fully saturated rings. The lowest BCUT2D eigenvalue weighted by atomic mass is 10.2. The molecule has 0 amide bonds. The molecule has 3 nitrogen and oxygen atoms in total. The lowest BCUT2D eigenvalue weighted by Crippen LogP contribution is -2.42. The molecule has 1 aliphatic carbocycles. The molecule has 1 atom stereocenters. The lowest BCUT2D eigenvalue weighted by molar-refractivity contribution is 0.109. The minimum absolute atomic E-state index is 0.598. The number of rotatable bonds is 8. The van der Waals surface area contributed by atoms with Crippen molar-refractivity contribution in [2.24, 2.45) is 0 Å². The van der Waals surface area contributed by atoms with Gasteiger partial charge in [-0.2, -0.15) is 0 Å². The average molecular weight is 228 g/mol. The summed E-state index contributed by atoms with van der Waals surface area (Å²) in [7, 11) is 2.18. The maximum Gasteiger partial charge on any atom is 0.0593 e. The van der Waals surface area contributed by atoms with Crippen LogP contribution >= 0.6 is 0 Å². The molecule has 0 aromatic rings. The van der Waals surface area contributed by atoms with E-state index >= 15 is 0 Å². The van der Waals surface area contributed by atoms with Crippen LogP contribution in [0, 0.1) is 0 Å². The van der Waals surface area contributed by atoms with E-state index < -0.39 is 0 Å². The van der Waals surface area contributed by atoms with E-state index in [0.717, 1.165) is 32.3 Å². The zero-order valence-corrected chi connectivity index (χ0v) is 11.2. The van der Waals surface area contributed by atoms with Crippen molar-refractivity contribution in [3.8, 4) is 0 Å². The Kier molecular flexibility index (Phi) is 7.01. The summed E-state index contributed by atoms with van der Waals surface area (Å²) in [5.74, 6) is 0. The molecule has 1 saturated carbocycles. The van der Waals surface area contributed by atoms with Gasteiger partial charge in [0.15, 0.2) is 0 Å². The minimum atomic E-state index is 0.598. The molecule has 0 aromatic heterocycles. The molecule has 16 heavy (non-hydrogen) atoms. The van der Waals surface area contributed by atoms with Gasteiger partial charge in [-0.3, -0.25) is 0 Å². The molecule has 0 aromatic carbocycles. The quantitative estimate of drug-likeness (QED) is 0.642. The van der Waals surface area contributed by atoms with Crippen molar-refractivity contribution in [3.63, 3.8) is 0 Å². The van der Waals surface area contributed by atoms with E-state index in [9.17, 15) is 0 Å². The fourth-order valence-corrected chi connectivity index (χ4v) is 2.20. The van der Waals surface area contributed by atoms with Crippen LogP contribution in [-0.2, 0) is 4.74 Å². The van der Waals surface area contributed by atoms with Crippen LogP contribution in [0.4, 0.5) is 0 Å². The summed E-state index contributed by atoms with van der Waals surface area (Å²) in [5, 5.41) is 3.67. The Morgan fingerprint density at radius 3 is 2.69 bits per heavy atom. The highest BCUT2D eigenvalue weighted by atomic mass is 16.5. The van der Waals surface area contributed by atoms with Crippen molar-refractivity contribution in [1.29, 1.82) is 0 Å². The Balaban J connectivity index is 2.05. The summed E-state index contributed by atoms with van der Waals surface area (Å²) in [6, 6.07) is 1.38. The standard InChI is InChI=1S/C13H28N2O/c1-4-16-10-9-15(3)12(2)11-14-13-7-5-6-8-13/h12-14H,4-11H2,1-3H3. The van der Waals surface area contributed by atoms with Crippen molar-refractivity contribution in [3.05, 3.63) is 0 Å². The minimum Gasteiger partial charge on any atom is -0.380 e. The lowest BCUT2D eigenvalue weighted by Gasteiger charge is -2.26. The molecule has 1 rings (SSSR count). The van der Waals surface area contributed by atoms with Crippen LogP contribution < -0.4 is 5.32 Å². The highest BCUT2D eigenvalue weighted by molar-refractivity contribution is 4.76. The van der Waals surface area contributed by atoms with Gasteiger partial charge in [-0.15, -0.1) is 0 Å². The van der Waals surface area contributed by atoms with E-state index in [4.69, 9.17) is 4.74 Å². The van der Waals surface area contributed by atoms with E-state index in [1.54, 1.807) is 0 Å². The van der Waals surface area contributed by atoms with Gasteiger partial charge >= 0.3 is 0 Å². The molecule has 1 aliphatic rings. The average Bonchev–Trinajstić information content (AvgIpc) is 2.79. The van der Waals surface area contributed by atoms with E-state index in [1.165, 1.54) is 25.7 Å². The van der Waals surface area contributed by atoms with Crippen LogP contribution in [0.5, 0.6) is 0 Å². The van der Waals surface area contributed by atoms with Gasteiger partial charge in [0, 0.05) is 31.8 Å². The van der Waals surface area contributed by atoms with Crippen molar-refractivity contribution < 1.29 is 4.74 Å². The Labute approximate surface area is 101 Å². The summed E-state index contributed by atoms with van der Waals surface area (Å²) in [6.07, 6.45) is 5.56. The molecule has 0 bridgehead atoms. The number of hydrogen-bond donors (Lipinski definition) is 1. The largest absolute Gasteiger partial charge is 0.380 e. The topological polar surface area (TPSA) is 24.5 Å². The van der Waals surface area contributed by atoms with Crippen molar-refractivity contribution >= 4 is 0 Å². The van der Waals surface area contributed by atoms with E-state index in [-0.39, 0.29) is 0 Å². The van der Waals surface area contributed by atoms with Gasteiger partial charge < -0.3 is 15.0 Å². The zero-order chi connectivity index (χ0) is 11.8. The molecule has 96 valence electrons. The highest BCUT2D eigenvalue weighted by Gasteiger charge is 2.16. The fourth-order valence-electron chi connectivity index (χ4n) is 2.20. The number of ether oxygens (including phenoxy) is 1. The first-order valence-corrected chi connectivity index (χ1v) is 6.75. The van der Waals surface area contributed by atoms with Crippen LogP contribution in [-0.4, -0.2) is 50.3 Å². The number of likely N-dealkylation sites (N-methyl/N-ethyl adjacent to an activating group) is 1. The third-order valence-electron chi connectivity index (χ3n) is 3.60. The predicted molar refractivity (Wildman–Crippen MR) is 68.8 cm³/mol. The molecule has 1 N–H and O–H groups in total. The molecule has 0 saturated heterocycles. The molecule has 0 spiro atoms. The maximum absolute atomic E-state index is 5.37. The molecule has 3 heteroatoms. The van der Waals surface area contributed by atoms with Crippen LogP contribution in [0.3, 0.4) is 0 Å². The molecular weight excluding hydrogens is 200 g/mol. The summed E-state index contributed by atoms with van der Waals surface area (Å²) in [4.78, 5) is 2.37. The van der Waals surface area contributed by atoms with Crippen LogP contribution in [0.2, 0.25) is 0 Å². The molecule has 0 aliphatic heterocycles. The van der Waals surface area contributed by atoms with Gasteiger partial charge in [0.25, 0.3) is 0 Å². The zero-order valence-electron chi connectivity index (χ0n) is 11.2. The maximum atomic E-state index is 5.37. The van der Waals surface area contributed by atoms with E-state index in [1.807, 2.05) is 6.92 Å². The van der Waals surface area contributed by atoms with Gasteiger partial charge in [-0.25, -0.2) is 0 Å². The van der Waals surface area contributed by atoms with Crippen molar-refractivity contribution in [2.45, 2.75) is 51.6 Å².